The largest absolute Gasteiger partial charge is 0.468 e. The van der Waals surface area contributed by atoms with Crippen LogP contribution in [0.4, 0.5) is 4.79 Å². The van der Waals surface area contributed by atoms with Crippen LogP contribution in [-0.4, -0.2) is 48.9 Å². The number of amides is 1. The molecule has 2 aliphatic rings. The van der Waals surface area contributed by atoms with Gasteiger partial charge in [-0.1, -0.05) is 0 Å². The standard InChI is InChI=1S/C10H17NO4.C5H9NO2/c1-9(2,3)15-8(13)11-10(5-6-10)7(12)14-4;1-8-4(7)5(6)2-3-5/h5-6H2,1-4H3,(H,11,13);2-3,6H2,1H3. The number of carbonyl (C=O) groups excluding carboxylic acids is 3. The summed E-state index contributed by atoms with van der Waals surface area (Å²) in [7, 11) is 2.66. The fourth-order valence-corrected chi connectivity index (χ4v) is 1.74. The van der Waals surface area contributed by atoms with E-state index in [1.807, 2.05) is 0 Å². The van der Waals surface area contributed by atoms with Gasteiger partial charge in [-0.3, -0.25) is 4.79 Å². The first-order valence-electron chi connectivity index (χ1n) is 7.45. The molecule has 2 saturated carbocycles. The molecule has 0 aliphatic heterocycles. The third-order valence-electron chi connectivity index (χ3n) is 3.45. The van der Waals surface area contributed by atoms with E-state index in [1.54, 1.807) is 20.8 Å². The molecule has 1 amide bonds. The molecule has 0 aromatic heterocycles. The SMILES string of the molecule is COC(=O)C1(N)CC1.COC(=O)C1(NC(=O)OC(C)(C)C)CC1. The van der Waals surface area contributed by atoms with Gasteiger partial charge in [0, 0.05) is 0 Å². The summed E-state index contributed by atoms with van der Waals surface area (Å²) in [4.78, 5) is 33.2. The summed E-state index contributed by atoms with van der Waals surface area (Å²) in [6.45, 7) is 5.30. The van der Waals surface area contributed by atoms with E-state index in [2.05, 4.69) is 14.8 Å². The van der Waals surface area contributed by atoms with Gasteiger partial charge in [0.05, 0.1) is 14.2 Å². The highest BCUT2D eigenvalue weighted by molar-refractivity contribution is 5.88. The zero-order valence-corrected chi connectivity index (χ0v) is 14.4. The molecule has 2 fully saturated rings. The molecule has 0 heterocycles. The molecule has 2 rings (SSSR count). The monoisotopic (exact) mass is 330 g/mol. The van der Waals surface area contributed by atoms with Gasteiger partial charge in [0.15, 0.2) is 0 Å². The minimum Gasteiger partial charge on any atom is -0.468 e. The Morgan fingerprint density at radius 1 is 0.957 bits per heavy atom. The second-order valence-corrected chi connectivity index (χ2v) is 6.85. The molecule has 132 valence electrons. The van der Waals surface area contributed by atoms with Crippen molar-refractivity contribution in [2.45, 2.75) is 63.1 Å². The van der Waals surface area contributed by atoms with E-state index in [0.717, 1.165) is 12.8 Å². The van der Waals surface area contributed by atoms with Crippen molar-refractivity contribution in [1.29, 1.82) is 0 Å². The smallest absolute Gasteiger partial charge is 0.408 e. The molecule has 0 spiro atoms. The van der Waals surface area contributed by atoms with Gasteiger partial charge in [-0.05, 0) is 46.5 Å². The molecule has 0 bridgehead atoms. The van der Waals surface area contributed by atoms with Crippen molar-refractivity contribution >= 4 is 18.0 Å². The van der Waals surface area contributed by atoms with Gasteiger partial charge in [0.2, 0.25) is 0 Å². The predicted octanol–water partition coefficient (Wildman–Crippen LogP) is 0.867. The molecule has 8 nitrogen and oxygen atoms in total. The Bertz CT molecular complexity index is 475. The Labute approximate surface area is 136 Å². The van der Waals surface area contributed by atoms with Crippen molar-refractivity contribution in [1.82, 2.24) is 5.32 Å². The lowest BCUT2D eigenvalue weighted by Crippen LogP contribution is -2.46. The lowest BCUT2D eigenvalue weighted by atomic mass is 10.2. The van der Waals surface area contributed by atoms with E-state index in [9.17, 15) is 14.4 Å². The molecule has 23 heavy (non-hydrogen) atoms. The Balaban J connectivity index is 0.000000277. The average Bonchev–Trinajstić information content (AvgIpc) is 3.35. The van der Waals surface area contributed by atoms with Crippen LogP contribution in [0, 0.1) is 0 Å². The molecule has 0 aromatic rings. The van der Waals surface area contributed by atoms with Crippen molar-refractivity contribution < 1.29 is 28.6 Å². The van der Waals surface area contributed by atoms with E-state index in [-0.39, 0.29) is 5.97 Å². The van der Waals surface area contributed by atoms with Crippen LogP contribution < -0.4 is 11.1 Å². The number of nitrogens with one attached hydrogen (secondary N) is 1. The van der Waals surface area contributed by atoms with E-state index in [0.29, 0.717) is 12.8 Å². The van der Waals surface area contributed by atoms with Gasteiger partial charge in [-0.2, -0.15) is 0 Å². The Hall–Kier alpha value is -1.83. The van der Waals surface area contributed by atoms with Crippen molar-refractivity contribution in [2.24, 2.45) is 5.73 Å². The molecular formula is C15H26N2O6. The maximum absolute atomic E-state index is 11.4. The molecule has 0 radical (unpaired) electrons. The van der Waals surface area contributed by atoms with Gasteiger partial charge in [0.1, 0.15) is 16.7 Å². The fraction of sp³-hybridized carbons (Fsp3) is 0.800. The quantitative estimate of drug-likeness (QED) is 0.582. The lowest BCUT2D eigenvalue weighted by molar-refractivity contribution is -0.144. The van der Waals surface area contributed by atoms with Crippen molar-refractivity contribution in [2.75, 3.05) is 14.2 Å². The van der Waals surface area contributed by atoms with Crippen LogP contribution in [0.2, 0.25) is 0 Å². The average molecular weight is 330 g/mol. The highest BCUT2D eigenvalue weighted by Crippen LogP contribution is 2.36. The number of nitrogens with two attached hydrogens (primary N) is 1. The highest BCUT2D eigenvalue weighted by atomic mass is 16.6. The molecule has 0 saturated heterocycles. The first kappa shape index (κ1) is 19.2. The third kappa shape index (κ3) is 5.70. The summed E-state index contributed by atoms with van der Waals surface area (Å²) in [6.07, 6.45) is 2.20. The van der Waals surface area contributed by atoms with Gasteiger partial charge < -0.3 is 25.3 Å². The number of ether oxygens (including phenoxy) is 3. The van der Waals surface area contributed by atoms with Gasteiger partial charge in [-0.15, -0.1) is 0 Å². The van der Waals surface area contributed by atoms with E-state index < -0.39 is 28.7 Å². The summed E-state index contributed by atoms with van der Waals surface area (Å²) in [5.41, 5.74) is 3.43. The van der Waals surface area contributed by atoms with Crippen LogP contribution in [-0.2, 0) is 23.8 Å². The van der Waals surface area contributed by atoms with Crippen LogP contribution in [0.5, 0.6) is 0 Å². The van der Waals surface area contributed by atoms with Crippen LogP contribution in [0.15, 0.2) is 0 Å². The Morgan fingerprint density at radius 2 is 1.43 bits per heavy atom. The summed E-state index contributed by atoms with van der Waals surface area (Å²) in [6, 6.07) is 0. The molecule has 0 atom stereocenters. The topological polar surface area (TPSA) is 117 Å². The Morgan fingerprint density at radius 3 is 1.70 bits per heavy atom. The summed E-state index contributed by atoms with van der Waals surface area (Å²) in [5.74, 6) is -0.689. The first-order valence-corrected chi connectivity index (χ1v) is 7.45. The fourth-order valence-electron chi connectivity index (χ4n) is 1.74. The second kappa shape index (κ2) is 6.74. The maximum atomic E-state index is 11.4. The van der Waals surface area contributed by atoms with Crippen LogP contribution >= 0.6 is 0 Å². The van der Waals surface area contributed by atoms with E-state index in [1.165, 1.54) is 14.2 Å². The van der Waals surface area contributed by atoms with Gasteiger partial charge >= 0.3 is 18.0 Å². The lowest BCUT2D eigenvalue weighted by Gasteiger charge is -2.22. The number of esters is 2. The minimum atomic E-state index is -0.836. The normalized spacial score (nSPS) is 19.4. The Kier molecular flexibility index (Phi) is 5.63. The summed E-state index contributed by atoms with van der Waals surface area (Å²) >= 11 is 0. The number of carbonyl (C=O) groups is 3. The number of hydrogen-bond acceptors (Lipinski definition) is 7. The van der Waals surface area contributed by atoms with Crippen LogP contribution in [0.1, 0.15) is 46.5 Å². The van der Waals surface area contributed by atoms with Gasteiger partial charge in [0.25, 0.3) is 0 Å². The molecule has 3 N–H and O–H groups in total. The second-order valence-electron chi connectivity index (χ2n) is 6.85. The zero-order valence-electron chi connectivity index (χ0n) is 14.4. The number of methoxy groups -OCH3 is 2. The zero-order chi connectivity index (χ0) is 17.9. The maximum Gasteiger partial charge on any atom is 0.408 e. The van der Waals surface area contributed by atoms with Crippen molar-refractivity contribution in [3.8, 4) is 0 Å². The summed E-state index contributed by atoms with van der Waals surface area (Å²) < 4.78 is 14.1. The van der Waals surface area contributed by atoms with E-state index in [4.69, 9.17) is 10.5 Å². The molecular weight excluding hydrogens is 304 g/mol. The molecule has 2 aliphatic carbocycles. The molecule has 8 heteroatoms. The highest BCUT2D eigenvalue weighted by Gasteiger charge is 2.53. The van der Waals surface area contributed by atoms with Crippen LogP contribution in [0.25, 0.3) is 0 Å². The molecule has 0 unspecified atom stereocenters. The van der Waals surface area contributed by atoms with Gasteiger partial charge in [-0.25, -0.2) is 9.59 Å². The van der Waals surface area contributed by atoms with Crippen LogP contribution in [0.3, 0.4) is 0 Å². The van der Waals surface area contributed by atoms with E-state index >= 15 is 0 Å². The third-order valence-corrected chi connectivity index (χ3v) is 3.45. The van der Waals surface area contributed by atoms with Crippen molar-refractivity contribution in [3.05, 3.63) is 0 Å². The minimum absolute atomic E-state index is 0.280. The van der Waals surface area contributed by atoms with Crippen molar-refractivity contribution in [3.63, 3.8) is 0 Å². The summed E-state index contributed by atoms with van der Waals surface area (Å²) in [5, 5.41) is 2.54. The number of hydrogen-bond donors (Lipinski definition) is 2. The molecule has 0 aromatic carbocycles. The predicted molar refractivity (Wildman–Crippen MR) is 81.5 cm³/mol. The number of alkyl carbamates (subject to hydrolysis) is 1. The number of rotatable bonds is 3. The first-order chi connectivity index (χ1) is 10.5.